The standard InChI is InChI=1S/C52H37N5Si/c1-58-41-30-37(29-38(31-41)52-54-50(34-15-5-2-6-16-34)53-51(55-52)35-17-7-3-8-18-35)36-25-27-44-42-21-11-13-23-46(42)57(49(44)32-36)40-26-28-48-45(33-40)43-22-12-14-24-47(43)56(48)39-19-9-4-10-20-39/h2-33H,58H2,1H3. The smallest absolute Gasteiger partial charge is 0.164 e. The summed E-state index contributed by atoms with van der Waals surface area (Å²) in [6.45, 7) is 2.34. The normalized spacial score (nSPS) is 11.8. The fourth-order valence-electron chi connectivity index (χ4n) is 8.51. The van der Waals surface area contributed by atoms with E-state index >= 15 is 0 Å². The van der Waals surface area contributed by atoms with Crippen molar-refractivity contribution in [1.29, 1.82) is 0 Å². The van der Waals surface area contributed by atoms with E-state index in [1.54, 1.807) is 0 Å². The number of nitrogens with zero attached hydrogens (tertiary/aromatic N) is 5. The molecule has 11 rings (SSSR count). The molecular weight excluding hydrogens is 723 g/mol. The molecule has 5 nitrogen and oxygen atoms in total. The Bertz CT molecular complexity index is 3260. The summed E-state index contributed by atoms with van der Waals surface area (Å²) in [4.78, 5) is 15.1. The van der Waals surface area contributed by atoms with Gasteiger partial charge in [-0.1, -0.05) is 151 Å². The molecule has 0 aliphatic rings. The molecule has 0 aliphatic carbocycles. The molecule has 0 saturated carbocycles. The lowest BCUT2D eigenvalue weighted by Gasteiger charge is -2.13. The lowest BCUT2D eigenvalue weighted by molar-refractivity contribution is 1.07. The lowest BCUT2D eigenvalue weighted by Crippen LogP contribution is -2.11. The molecular formula is C52H37N5Si. The maximum atomic E-state index is 5.10. The molecule has 0 fully saturated rings. The number of para-hydroxylation sites is 3. The van der Waals surface area contributed by atoms with E-state index in [1.165, 1.54) is 48.8 Å². The predicted molar refractivity (Wildman–Crippen MR) is 244 cm³/mol. The van der Waals surface area contributed by atoms with Gasteiger partial charge in [-0.05, 0) is 65.7 Å². The molecule has 274 valence electrons. The van der Waals surface area contributed by atoms with Crippen molar-refractivity contribution >= 4 is 58.3 Å². The van der Waals surface area contributed by atoms with Crippen molar-refractivity contribution < 1.29 is 0 Å². The van der Waals surface area contributed by atoms with E-state index in [-0.39, 0.29) is 0 Å². The van der Waals surface area contributed by atoms with Gasteiger partial charge < -0.3 is 9.13 Å². The van der Waals surface area contributed by atoms with Gasteiger partial charge in [0.25, 0.3) is 0 Å². The third kappa shape index (κ3) is 5.73. The highest BCUT2D eigenvalue weighted by Gasteiger charge is 2.18. The quantitative estimate of drug-likeness (QED) is 0.152. The molecule has 0 N–H and O–H groups in total. The van der Waals surface area contributed by atoms with Gasteiger partial charge in [-0.2, -0.15) is 0 Å². The van der Waals surface area contributed by atoms with Gasteiger partial charge in [0, 0.05) is 49.6 Å². The Labute approximate surface area is 338 Å². The molecule has 3 aromatic heterocycles. The molecule has 6 heteroatoms. The third-order valence-corrected chi connectivity index (χ3v) is 12.5. The first-order valence-corrected chi connectivity index (χ1v) is 22.0. The molecule has 8 aromatic carbocycles. The Morgan fingerprint density at radius 2 is 0.828 bits per heavy atom. The zero-order valence-electron chi connectivity index (χ0n) is 31.9. The number of rotatable bonds is 7. The Morgan fingerprint density at radius 3 is 1.47 bits per heavy atom. The van der Waals surface area contributed by atoms with Gasteiger partial charge in [-0.15, -0.1) is 0 Å². The average Bonchev–Trinajstić information content (AvgIpc) is 3.81. The molecule has 58 heavy (non-hydrogen) atoms. The van der Waals surface area contributed by atoms with Crippen LogP contribution in [0.25, 0.3) is 100 Å². The van der Waals surface area contributed by atoms with Crippen LogP contribution in [-0.4, -0.2) is 33.6 Å². The largest absolute Gasteiger partial charge is 0.309 e. The van der Waals surface area contributed by atoms with Gasteiger partial charge in [0.1, 0.15) is 0 Å². The van der Waals surface area contributed by atoms with E-state index < -0.39 is 9.52 Å². The zero-order chi connectivity index (χ0) is 38.6. The summed E-state index contributed by atoms with van der Waals surface area (Å²) in [5.74, 6) is 2.01. The third-order valence-electron chi connectivity index (χ3n) is 11.3. The topological polar surface area (TPSA) is 48.5 Å². The van der Waals surface area contributed by atoms with Crippen LogP contribution >= 0.6 is 0 Å². The highest BCUT2D eigenvalue weighted by atomic mass is 28.2. The van der Waals surface area contributed by atoms with E-state index in [1.807, 2.05) is 36.4 Å². The minimum absolute atomic E-state index is 0.526. The van der Waals surface area contributed by atoms with Crippen molar-refractivity contribution in [1.82, 2.24) is 24.1 Å². The van der Waals surface area contributed by atoms with Crippen molar-refractivity contribution in [3.05, 3.63) is 194 Å². The Kier molecular flexibility index (Phi) is 8.15. The SMILES string of the molecule is C[SiH2]c1cc(-c2ccc3c4ccccc4n(-c4ccc5c(c4)c4ccccc4n5-c4ccccc4)c3c2)cc(-c2nc(-c3ccccc3)nc(-c3ccccc3)n2)c1. The molecule has 0 amide bonds. The second kappa shape index (κ2) is 14.0. The first-order chi connectivity index (χ1) is 28.7. The summed E-state index contributed by atoms with van der Waals surface area (Å²) < 4.78 is 4.81. The van der Waals surface area contributed by atoms with Crippen LogP contribution in [0.15, 0.2) is 194 Å². The van der Waals surface area contributed by atoms with E-state index in [2.05, 4.69) is 173 Å². The first-order valence-electron chi connectivity index (χ1n) is 19.8. The second-order valence-corrected chi connectivity index (χ2v) is 16.3. The predicted octanol–water partition coefficient (Wildman–Crippen LogP) is 11.6. The van der Waals surface area contributed by atoms with Gasteiger partial charge in [0.2, 0.25) is 0 Å². The zero-order valence-corrected chi connectivity index (χ0v) is 33.3. The monoisotopic (exact) mass is 759 g/mol. The highest BCUT2D eigenvalue weighted by molar-refractivity contribution is 6.52. The van der Waals surface area contributed by atoms with Crippen molar-refractivity contribution in [2.75, 3.05) is 0 Å². The summed E-state index contributed by atoms with van der Waals surface area (Å²) in [7, 11) is -0.526. The fraction of sp³-hybridized carbons (Fsp3) is 0.0192. The van der Waals surface area contributed by atoms with Crippen molar-refractivity contribution in [3.63, 3.8) is 0 Å². The molecule has 0 saturated heterocycles. The maximum absolute atomic E-state index is 5.10. The molecule has 0 spiro atoms. The highest BCUT2D eigenvalue weighted by Crippen LogP contribution is 2.38. The number of aromatic nitrogens is 5. The van der Waals surface area contributed by atoms with Gasteiger partial charge in [-0.25, -0.2) is 15.0 Å². The molecule has 0 unspecified atom stereocenters. The molecule has 3 heterocycles. The Balaban J connectivity index is 1.09. The lowest BCUT2D eigenvalue weighted by atomic mass is 10.0. The van der Waals surface area contributed by atoms with Crippen molar-refractivity contribution in [2.24, 2.45) is 0 Å². The van der Waals surface area contributed by atoms with E-state index in [0.717, 1.165) is 39.2 Å². The first kappa shape index (κ1) is 33.9. The van der Waals surface area contributed by atoms with Crippen LogP contribution in [0.3, 0.4) is 0 Å². The maximum Gasteiger partial charge on any atom is 0.164 e. The summed E-state index contributed by atoms with van der Waals surface area (Å²) in [6, 6.07) is 69.3. The Hall–Kier alpha value is -7.41. The van der Waals surface area contributed by atoms with Gasteiger partial charge in [-0.3, -0.25) is 0 Å². The van der Waals surface area contributed by atoms with Gasteiger partial charge in [0.05, 0.1) is 31.6 Å². The van der Waals surface area contributed by atoms with Crippen LogP contribution < -0.4 is 5.19 Å². The number of fused-ring (bicyclic) bond motifs is 6. The van der Waals surface area contributed by atoms with Crippen molar-refractivity contribution in [2.45, 2.75) is 6.55 Å². The minimum Gasteiger partial charge on any atom is -0.309 e. The molecule has 0 aliphatic heterocycles. The summed E-state index contributed by atoms with van der Waals surface area (Å²) in [6.07, 6.45) is 0. The summed E-state index contributed by atoms with van der Waals surface area (Å²) in [5, 5.41) is 6.29. The van der Waals surface area contributed by atoms with E-state index in [0.29, 0.717) is 17.5 Å². The van der Waals surface area contributed by atoms with Gasteiger partial charge >= 0.3 is 0 Å². The molecule has 11 aromatic rings. The van der Waals surface area contributed by atoms with Crippen LogP contribution in [0.4, 0.5) is 0 Å². The average molecular weight is 760 g/mol. The van der Waals surface area contributed by atoms with Crippen molar-refractivity contribution in [3.8, 4) is 56.7 Å². The van der Waals surface area contributed by atoms with Gasteiger partial charge in [0.15, 0.2) is 17.5 Å². The number of benzene rings is 8. The summed E-state index contributed by atoms with van der Waals surface area (Å²) >= 11 is 0. The van der Waals surface area contributed by atoms with Crippen LogP contribution in [0.5, 0.6) is 0 Å². The van der Waals surface area contributed by atoms with E-state index in [4.69, 9.17) is 15.0 Å². The molecule has 0 atom stereocenters. The second-order valence-electron chi connectivity index (χ2n) is 14.8. The Morgan fingerprint density at radius 1 is 0.328 bits per heavy atom. The molecule has 0 radical (unpaired) electrons. The van der Waals surface area contributed by atoms with E-state index in [9.17, 15) is 0 Å². The van der Waals surface area contributed by atoms with Crippen LogP contribution in [0.2, 0.25) is 6.55 Å². The molecule has 0 bridgehead atoms. The van der Waals surface area contributed by atoms with Crippen LogP contribution in [0, 0.1) is 0 Å². The summed E-state index contributed by atoms with van der Waals surface area (Å²) in [5.41, 5.74) is 12.3. The van der Waals surface area contributed by atoms with Crippen LogP contribution in [0.1, 0.15) is 0 Å². The minimum atomic E-state index is -0.526. The fourth-order valence-corrected chi connectivity index (χ4v) is 9.36. The number of hydrogen-bond acceptors (Lipinski definition) is 3. The number of hydrogen-bond donors (Lipinski definition) is 0. The van der Waals surface area contributed by atoms with Crippen LogP contribution in [-0.2, 0) is 0 Å².